The highest BCUT2D eigenvalue weighted by Crippen LogP contribution is 2.31. The number of anilines is 2. The van der Waals surface area contributed by atoms with Gasteiger partial charge in [0.05, 0.1) is 17.9 Å². The smallest absolute Gasteiger partial charge is 0.227 e. The van der Waals surface area contributed by atoms with Gasteiger partial charge in [0.25, 0.3) is 0 Å². The van der Waals surface area contributed by atoms with Gasteiger partial charge in [-0.1, -0.05) is 18.2 Å². The second kappa shape index (κ2) is 8.41. The highest BCUT2D eigenvalue weighted by Gasteiger charge is 2.23. The first-order valence-corrected chi connectivity index (χ1v) is 9.88. The summed E-state index contributed by atoms with van der Waals surface area (Å²) in [5, 5.41) is 2.85. The van der Waals surface area contributed by atoms with Gasteiger partial charge in [-0.25, -0.2) is 4.98 Å². The molecule has 2 aromatic carbocycles. The Morgan fingerprint density at radius 1 is 1.10 bits per heavy atom. The van der Waals surface area contributed by atoms with E-state index in [2.05, 4.69) is 10.3 Å². The Balaban J connectivity index is 1.37. The van der Waals surface area contributed by atoms with E-state index in [9.17, 15) is 9.59 Å². The molecule has 2 heterocycles. The van der Waals surface area contributed by atoms with Crippen molar-refractivity contribution in [1.29, 1.82) is 0 Å². The van der Waals surface area contributed by atoms with E-state index in [-0.39, 0.29) is 24.7 Å². The van der Waals surface area contributed by atoms with Crippen LogP contribution in [0.1, 0.15) is 24.3 Å². The molecule has 0 fully saturated rings. The monoisotopic (exact) mass is 405 g/mol. The molecule has 1 N–H and O–H groups in total. The Morgan fingerprint density at radius 2 is 1.93 bits per heavy atom. The standard InChI is InChI=1S/C23H23N3O4/c1-15-16(2)30-23(24-15)17-6-5-7-18(14-17)25-21(27)10-11-22(28)26-12-13-29-20-9-4-3-8-19(20)26/h3-9,14H,10-13H2,1-2H3,(H,25,27). The molecule has 7 nitrogen and oxygen atoms in total. The maximum Gasteiger partial charge on any atom is 0.227 e. The Kier molecular flexibility index (Phi) is 5.52. The molecule has 0 saturated heterocycles. The third kappa shape index (κ3) is 4.20. The van der Waals surface area contributed by atoms with Gasteiger partial charge in [0, 0.05) is 24.1 Å². The van der Waals surface area contributed by atoms with Gasteiger partial charge in [-0.3, -0.25) is 9.59 Å². The molecule has 30 heavy (non-hydrogen) atoms. The first-order chi connectivity index (χ1) is 14.5. The zero-order valence-corrected chi connectivity index (χ0v) is 17.0. The SMILES string of the molecule is Cc1nc(-c2cccc(NC(=O)CCC(=O)N3CCOc4ccccc43)c2)oc1C. The van der Waals surface area contributed by atoms with Crippen molar-refractivity contribution in [2.24, 2.45) is 0 Å². The number of nitrogens with zero attached hydrogens (tertiary/aromatic N) is 2. The largest absolute Gasteiger partial charge is 0.490 e. The molecule has 0 saturated carbocycles. The molecular weight excluding hydrogens is 382 g/mol. The number of carbonyl (C=O) groups excluding carboxylic acids is 2. The summed E-state index contributed by atoms with van der Waals surface area (Å²) >= 11 is 0. The quantitative estimate of drug-likeness (QED) is 0.691. The molecule has 1 aliphatic rings. The van der Waals surface area contributed by atoms with Crippen LogP contribution < -0.4 is 15.0 Å². The number of aromatic nitrogens is 1. The Labute approximate surface area is 174 Å². The number of benzene rings is 2. The maximum atomic E-state index is 12.7. The summed E-state index contributed by atoms with van der Waals surface area (Å²) in [4.78, 5) is 31.1. The highest BCUT2D eigenvalue weighted by atomic mass is 16.5. The number of ether oxygens (including phenoxy) is 1. The van der Waals surface area contributed by atoms with Crippen LogP contribution in [-0.4, -0.2) is 29.9 Å². The first-order valence-electron chi connectivity index (χ1n) is 9.88. The van der Waals surface area contributed by atoms with Crippen LogP contribution in [0.5, 0.6) is 5.75 Å². The number of aryl methyl sites for hydroxylation is 2. The minimum absolute atomic E-state index is 0.0969. The van der Waals surface area contributed by atoms with Gasteiger partial charge in [0.2, 0.25) is 17.7 Å². The van der Waals surface area contributed by atoms with Crippen LogP contribution in [0.3, 0.4) is 0 Å². The minimum Gasteiger partial charge on any atom is -0.490 e. The van der Waals surface area contributed by atoms with Crippen molar-refractivity contribution in [2.45, 2.75) is 26.7 Å². The lowest BCUT2D eigenvalue weighted by Gasteiger charge is -2.29. The maximum absolute atomic E-state index is 12.7. The van der Waals surface area contributed by atoms with Crippen LogP contribution >= 0.6 is 0 Å². The Morgan fingerprint density at radius 3 is 2.73 bits per heavy atom. The van der Waals surface area contributed by atoms with E-state index in [4.69, 9.17) is 9.15 Å². The minimum atomic E-state index is -0.221. The second-order valence-corrected chi connectivity index (χ2v) is 7.15. The van der Waals surface area contributed by atoms with E-state index >= 15 is 0 Å². The fourth-order valence-corrected chi connectivity index (χ4v) is 3.33. The van der Waals surface area contributed by atoms with E-state index in [1.165, 1.54) is 0 Å². The van der Waals surface area contributed by atoms with E-state index in [0.717, 1.165) is 22.7 Å². The fraction of sp³-hybridized carbons (Fsp3) is 0.261. The lowest BCUT2D eigenvalue weighted by Crippen LogP contribution is -2.38. The summed E-state index contributed by atoms with van der Waals surface area (Å²) in [5.41, 5.74) is 3.00. The predicted molar refractivity (Wildman–Crippen MR) is 114 cm³/mol. The molecule has 0 aliphatic carbocycles. The molecule has 0 unspecified atom stereocenters. The average molecular weight is 405 g/mol. The first kappa shape index (κ1) is 19.7. The summed E-state index contributed by atoms with van der Waals surface area (Å²) in [6.07, 6.45) is 0.220. The fourth-order valence-electron chi connectivity index (χ4n) is 3.33. The zero-order chi connectivity index (χ0) is 21.1. The molecule has 1 aliphatic heterocycles. The molecule has 154 valence electrons. The third-order valence-electron chi connectivity index (χ3n) is 5.02. The lowest BCUT2D eigenvalue weighted by atomic mass is 10.1. The molecule has 0 radical (unpaired) electrons. The Bertz CT molecular complexity index is 1070. The number of amides is 2. The molecule has 7 heteroatoms. The van der Waals surface area contributed by atoms with Gasteiger partial charge >= 0.3 is 0 Å². The van der Waals surface area contributed by atoms with Gasteiger partial charge in [-0.15, -0.1) is 0 Å². The van der Waals surface area contributed by atoms with Gasteiger partial charge < -0.3 is 19.4 Å². The predicted octanol–water partition coefficient (Wildman–Crippen LogP) is 4.10. The van der Waals surface area contributed by atoms with Crippen molar-refractivity contribution < 1.29 is 18.7 Å². The molecule has 0 atom stereocenters. The molecule has 4 rings (SSSR count). The van der Waals surface area contributed by atoms with Crippen molar-refractivity contribution in [3.05, 3.63) is 60.0 Å². The number of carbonyl (C=O) groups is 2. The van der Waals surface area contributed by atoms with Gasteiger partial charge in [0.15, 0.2) is 0 Å². The molecule has 2 amide bonds. The van der Waals surface area contributed by atoms with Crippen LogP contribution in [0.25, 0.3) is 11.5 Å². The number of oxazole rings is 1. The molecular formula is C23H23N3O4. The van der Waals surface area contributed by atoms with Crippen LogP contribution in [-0.2, 0) is 9.59 Å². The topological polar surface area (TPSA) is 84.7 Å². The van der Waals surface area contributed by atoms with Crippen molar-refractivity contribution in [2.75, 3.05) is 23.4 Å². The van der Waals surface area contributed by atoms with Gasteiger partial charge in [-0.2, -0.15) is 0 Å². The van der Waals surface area contributed by atoms with Crippen molar-refractivity contribution in [1.82, 2.24) is 4.98 Å². The van der Waals surface area contributed by atoms with Crippen LogP contribution in [0.15, 0.2) is 52.9 Å². The van der Waals surface area contributed by atoms with Crippen molar-refractivity contribution in [3.63, 3.8) is 0 Å². The summed E-state index contributed by atoms with van der Waals surface area (Å²) in [6, 6.07) is 14.7. The zero-order valence-electron chi connectivity index (χ0n) is 17.0. The van der Waals surface area contributed by atoms with Crippen molar-refractivity contribution in [3.8, 4) is 17.2 Å². The summed E-state index contributed by atoms with van der Waals surface area (Å²) < 4.78 is 11.2. The normalized spacial score (nSPS) is 12.8. The number of para-hydroxylation sites is 2. The number of fused-ring (bicyclic) bond motifs is 1. The number of hydrogen-bond acceptors (Lipinski definition) is 5. The number of nitrogens with one attached hydrogen (secondary N) is 1. The molecule has 0 spiro atoms. The number of hydrogen-bond donors (Lipinski definition) is 1. The van der Waals surface area contributed by atoms with Crippen LogP contribution in [0.2, 0.25) is 0 Å². The Hall–Kier alpha value is -3.61. The van der Waals surface area contributed by atoms with Crippen LogP contribution in [0.4, 0.5) is 11.4 Å². The number of rotatable bonds is 5. The third-order valence-corrected chi connectivity index (χ3v) is 5.02. The van der Waals surface area contributed by atoms with Crippen LogP contribution in [0, 0.1) is 13.8 Å². The van der Waals surface area contributed by atoms with E-state index in [1.54, 1.807) is 11.0 Å². The average Bonchev–Trinajstić information content (AvgIpc) is 3.10. The van der Waals surface area contributed by atoms with Gasteiger partial charge in [0.1, 0.15) is 18.1 Å². The highest BCUT2D eigenvalue weighted by molar-refractivity contribution is 5.99. The lowest BCUT2D eigenvalue weighted by molar-refractivity contribution is -0.122. The molecule has 1 aromatic heterocycles. The summed E-state index contributed by atoms with van der Waals surface area (Å²) in [7, 11) is 0. The summed E-state index contributed by atoms with van der Waals surface area (Å²) in [6.45, 7) is 4.68. The molecule has 3 aromatic rings. The second-order valence-electron chi connectivity index (χ2n) is 7.15. The van der Waals surface area contributed by atoms with Crippen molar-refractivity contribution >= 4 is 23.2 Å². The summed E-state index contributed by atoms with van der Waals surface area (Å²) in [5.74, 6) is 1.66. The van der Waals surface area contributed by atoms with Gasteiger partial charge in [-0.05, 0) is 44.2 Å². The van der Waals surface area contributed by atoms with E-state index < -0.39 is 0 Å². The molecule has 0 bridgehead atoms. The van der Waals surface area contributed by atoms with E-state index in [1.807, 2.05) is 56.3 Å². The van der Waals surface area contributed by atoms with E-state index in [0.29, 0.717) is 30.5 Å².